The molecular weight excluding hydrogens is 614 g/mol. The van der Waals surface area contributed by atoms with Crippen molar-refractivity contribution < 1.29 is 22.8 Å². The van der Waals surface area contributed by atoms with Crippen LogP contribution in [0.5, 0.6) is 0 Å². The number of carbonyl (C=O) groups excluding carboxylic acids is 2. The molecule has 2 aliphatic rings. The molecule has 3 heterocycles. The smallest absolute Gasteiger partial charge is 0.338 e. The van der Waals surface area contributed by atoms with E-state index in [0.717, 1.165) is 42.0 Å². The number of fused-ring (bicyclic) bond motifs is 1. The van der Waals surface area contributed by atoms with Crippen molar-refractivity contribution in [2.75, 3.05) is 49.5 Å². The van der Waals surface area contributed by atoms with E-state index >= 15 is 0 Å². The standard InChI is InChI=1S/C32H34Cl2F3N5O2/c1-19-5-7-25(14-27(19)34)42(31(44)39-28-8-6-24(33)13-26(28)32(35,36)37)12-4-11-40-15-22-17-41(18-23(22)16-40)30(43)29-20(2)9-10-38-21(29)3/h5-10,13-14,22-23H,4,11-12,15-18H2,1-3H3,(H,39,44). The van der Waals surface area contributed by atoms with Crippen molar-refractivity contribution in [3.05, 3.63) is 86.7 Å². The van der Waals surface area contributed by atoms with E-state index < -0.39 is 17.8 Å². The molecule has 2 fully saturated rings. The zero-order valence-corrected chi connectivity index (χ0v) is 26.2. The third-order valence-corrected chi connectivity index (χ3v) is 9.15. The van der Waals surface area contributed by atoms with Gasteiger partial charge in [-0.25, -0.2) is 4.79 Å². The van der Waals surface area contributed by atoms with Crippen LogP contribution in [0.15, 0.2) is 48.7 Å². The van der Waals surface area contributed by atoms with Gasteiger partial charge in [-0.1, -0.05) is 29.3 Å². The molecular formula is C32H34Cl2F3N5O2. The predicted molar refractivity (Wildman–Crippen MR) is 167 cm³/mol. The SMILES string of the molecule is Cc1ccc(N(CCCN2CC3CN(C(=O)c4c(C)ccnc4C)CC3C2)C(=O)Nc2ccc(Cl)cc2C(F)(F)F)cc1Cl. The molecule has 0 saturated carbocycles. The number of nitrogens with zero attached hydrogens (tertiary/aromatic N) is 4. The third-order valence-electron chi connectivity index (χ3n) is 8.51. The topological polar surface area (TPSA) is 68.8 Å². The maximum absolute atomic E-state index is 13.7. The lowest BCUT2D eigenvalue weighted by Gasteiger charge is -2.26. The van der Waals surface area contributed by atoms with Gasteiger partial charge in [0.15, 0.2) is 0 Å². The van der Waals surface area contributed by atoms with Crippen LogP contribution in [0.25, 0.3) is 0 Å². The number of hydrogen-bond acceptors (Lipinski definition) is 4. The maximum Gasteiger partial charge on any atom is 0.418 e. The number of rotatable bonds is 7. The van der Waals surface area contributed by atoms with E-state index in [-0.39, 0.29) is 23.2 Å². The first kappa shape index (κ1) is 32.1. The van der Waals surface area contributed by atoms with Crippen LogP contribution < -0.4 is 10.2 Å². The first-order valence-corrected chi connectivity index (χ1v) is 15.2. The van der Waals surface area contributed by atoms with Gasteiger partial charge in [-0.15, -0.1) is 0 Å². The fourth-order valence-electron chi connectivity index (χ4n) is 6.21. The Morgan fingerprint density at radius 2 is 1.68 bits per heavy atom. The summed E-state index contributed by atoms with van der Waals surface area (Å²) < 4.78 is 41.1. The predicted octanol–water partition coefficient (Wildman–Crippen LogP) is 7.47. The quantitative estimate of drug-likeness (QED) is 0.289. The molecule has 12 heteroatoms. The van der Waals surface area contributed by atoms with E-state index in [2.05, 4.69) is 15.2 Å². The van der Waals surface area contributed by atoms with Crippen LogP contribution in [-0.2, 0) is 6.18 Å². The molecule has 0 radical (unpaired) electrons. The number of pyridine rings is 1. The average molecular weight is 649 g/mol. The number of aromatic nitrogens is 1. The van der Waals surface area contributed by atoms with Gasteiger partial charge < -0.3 is 15.1 Å². The van der Waals surface area contributed by atoms with E-state index in [0.29, 0.717) is 54.2 Å². The van der Waals surface area contributed by atoms with Gasteiger partial charge in [-0.2, -0.15) is 13.2 Å². The average Bonchev–Trinajstić information content (AvgIpc) is 3.52. The molecule has 7 nitrogen and oxygen atoms in total. The second-order valence-electron chi connectivity index (χ2n) is 11.6. The van der Waals surface area contributed by atoms with Gasteiger partial charge in [0, 0.05) is 54.7 Å². The van der Waals surface area contributed by atoms with Gasteiger partial charge in [0.05, 0.1) is 22.5 Å². The number of amides is 3. The summed E-state index contributed by atoms with van der Waals surface area (Å²) in [6.45, 7) is 9.62. The Labute approximate surface area is 264 Å². The summed E-state index contributed by atoms with van der Waals surface area (Å²) in [6.07, 6.45) is -2.40. The van der Waals surface area contributed by atoms with E-state index in [1.165, 1.54) is 11.0 Å². The van der Waals surface area contributed by atoms with Crippen molar-refractivity contribution in [3.8, 4) is 0 Å². The number of hydrogen-bond donors (Lipinski definition) is 1. The number of carbonyl (C=O) groups is 2. The van der Waals surface area contributed by atoms with Crippen LogP contribution in [0.4, 0.5) is 29.3 Å². The van der Waals surface area contributed by atoms with Crippen molar-refractivity contribution >= 4 is 46.5 Å². The first-order valence-electron chi connectivity index (χ1n) is 14.5. The molecule has 44 heavy (non-hydrogen) atoms. The molecule has 2 aliphatic heterocycles. The minimum absolute atomic E-state index is 0.0295. The number of anilines is 2. The number of benzene rings is 2. The minimum atomic E-state index is -4.70. The van der Waals surface area contributed by atoms with Gasteiger partial charge in [0.2, 0.25) is 0 Å². The Morgan fingerprint density at radius 1 is 0.977 bits per heavy atom. The van der Waals surface area contributed by atoms with E-state index in [1.54, 1.807) is 24.4 Å². The molecule has 234 valence electrons. The van der Waals surface area contributed by atoms with Gasteiger partial charge in [0.25, 0.3) is 5.91 Å². The Balaban J connectivity index is 1.22. The van der Waals surface area contributed by atoms with E-state index in [9.17, 15) is 22.8 Å². The summed E-state index contributed by atoms with van der Waals surface area (Å²) in [5.74, 6) is 0.747. The highest BCUT2D eigenvalue weighted by atomic mass is 35.5. The van der Waals surface area contributed by atoms with Crippen LogP contribution in [0.3, 0.4) is 0 Å². The second-order valence-corrected chi connectivity index (χ2v) is 12.5. The molecule has 1 N–H and O–H groups in total. The molecule has 2 unspecified atom stereocenters. The first-order chi connectivity index (χ1) is 20.8. The lowest BCUT2D eigenvalue weighted by Crippen LogP contribution is -2.38. The summed E-state index contributed by atoms with van der Waals surface area (Å²) in [5.41, 5.74) is 2.24. The molecule has 2 saturated heterocycles. The number of urea groups is 1. The van der Waals surface area contributed by atoms with Gasteiger partial charge in [-0.05, 0) is 93.1 Å². The van der Waals surface area contributed by atoms with Gasteiger partial charge >= 0.3 is 12.2 Å². The highest BCUT2D eigenvalue weighted by Gasteiger charge is 2.42. The van der Waals surface area contributed by atoms with Crippen LogP contribution >= 0.6 is 23.2 Å². The van der Waals surface area contributed by atoms with Crippen molar-refractivity contribution in [1.82, 2.24) is 14.8 Å². The van der Waals surface area contributed by atoms with Crippen LogP contribution in [0.2, 0.25) is 10.0 Å². The molecule has 2 aromatic carbocycles. The van der Waals surface area contributed by atoms with Crippen LogP contribution in [0.1, 0.15) is 39.2 Å². The summed E-state index contributed by atoms with van der Waals surface area (Å²) in [5, 5.41) is 2.80. The number of nitrogens with one attached hydrogen (secondary N) is 1. The Morgan fingerprint density at radius 3 is 2.32 bits per heavy atom. The molecule has 1 aromatic heterocycles. The zero-order chi connectivity index (χ0) is 31.8. The molecule has 2 atom stereocenters. The van der Waals surface area contributed by atoms with Crippen molar-refractivity contribution in [3.63, 3.8) is 0 Å². The lowest BCUT2D eigenvalue weighted by atomic mass is 10.0. The molecule has 0 bridgehead atoms. The monoisotopic (exact) mass is 647 g/mol. The Bertz CT molecular complexity index is 1530. The molecule has 3 amide bonds. The van der Waals surface area contributed by atoms with Crippen LogP contribution in [-0.4, -0.2) is 66.0 Å². The van der Waals surface area contributed by atoms with Crippen molar-refractivity contribution in [2.24, 2.45) is 11.8 Å². The number of halogens is 5. The van der Waals surface area contributed by atoms with Gasteiger partial charge in [0.1, 0.15) is 0 Å². The molecule has 3 aromatic rings. The molecule has 5 rings (SSSR count). The Kier molecular flexibility index (Phi) is 9.44. The van der Waals surface area contributed by atoms with E-state index in [4.69, 9.17) is 23.2 Å². The molecule has 0 spiro atoms. The largest absolute Gasteiger partial charge is 0.418 e. The van der Waals surface area contributed by atoms with E-state index in [1.807, 2.05) is 31.7 Å². The van der Waals surface area contributed by atoms with Crippen molar-refractivity contribution in [2.45, 2.75) is 33.4 Å². The fraction of sp³-hybridized carbons (Fsp3) is 0.406. The maximum atomic E-state index is 13.7. The van der Waals surface area contributed by atoms with Crippen molar-refractivity contribution in [1.29, 1.82) is 0 Å². The normalized spacial score (nSPS) is 18.4. The summed E-state index contributed by atoms with van der Waals surface area (Å²) in [6, 6.07) is 9.54. The lowest BCUT2D eigenvalue weighted by molar-refractivity contribution is -0.136. The number of likely N-dealkylation sites (tertiary alicyclic amines) is 2. The van der Waals surface area contributed by atoms with Crippen LogP contribution in [0, 0.1) is 32.6 Å². The number of aryl methyl sites for hydroxylation is 3. The highest BCUT2D eigenvalue weighted by molar-refractivity contribution is 6.31. The minimum Gasteiger partial charge on any atom is -0.338 e. The highest BCUT2D eigenvalue weighted by Crippen LogP contribution is 2.37. The molecule has 0 aliphatic carbocycles. The number of alkyl halides is 3. The third kappa shape index (κ3) is 6.98. The summed E-state index contributed by atoms with van der Waals surface area (Å²) >= 11 is 12.2. The summed E-state index contributed by atoms with van der Waals surface area (Å²) in [4.78, 5) is 36.7. The fourth-order valence-corrected chi connectivity index (χ4v) is 6.55. The van der Waals surface area contributed by atoms with Gasteiger partial charge in [-0.3, -0.25) is 14.7 Å². The second kappa shape index (κ2) is 12.9. The Hall–Kier alpha value is -3.34. The summed E-state index contributed by atoms with van der Waals surface area (Å²) in [7, 11) is 0. The zero-order valence-electron chi connectivity index (χ0n) is 24.7.